The van der Waals surface area contributed by atoms with Gasteiger partial charge >= 0.3 is 0 Å². The Labute approximate surface area is 171 Å². The first-order valence-corrected chi connectivity index (χ1v) is 9.71. The highest BCUT2D eigenvalue weighted by atomic mass is 19.1. The molecule has 30 heavy (non-hydrogen) atoms. The number of halogens is 1. The van der Waals surface area contributed by atoms with Crippen LogP contribution in [0.3, 0.4) is 0 Å². The minimum Gasteiger partial charge on any atom is -0.451 e. The van der Waals surface area contributed by atoms with E-state index in [2.05, 4.69) is 20.4 Å². The quantitative estimate of drug-likeness (QED) is 0.518. The molecule has 1 amide bonds. The molecule has 0 unspecified atom stereocenters. The highest BCUT2D eigenvalue weighted by Crippen LogP contribution is 2.21. The first-order valence-electron chi connectivity index (χ1n) is 9.71. The van der Waals surface area contributed by atoms with Crippen LogP contribution in [0.15, 0.2) is 59.0 Å². The van der Waals surface area contributed by atoms with Crippen LogP contribution in [0.1, 0.15) is 16.4 Å². The van der Waals surface area contributed by atoms with E-state index in [1.165, 1.54) is 12.1 Å². The number of carbonyl (C=O) groups excluding carboxylic acids is 1. The number of aromatic nitrogens is 4. The van der Waals surface area contributed by atoms with Gasteiger partial charge in [0.25, 0.3) is 5.91 Å². The molecule has 2 aromatic heterocycles. The van der Waals surface area contributed by atoms with Gasteiger partial charge in [-0.3, -0.25) is 9.69 Å². The van der Waals surface area contributed by atoms with Crippen LogP contribution in [0.25, 0.3) is 16.7 Å². The molecular weight excluding hydrogens is 387 g/mol. The zero-order valence-corrected chi connectivity index (χ0v) is 16.1. The fourth-order valence-corrected chi connectivity index (χ4v) is 3.64. The molecule has 0 N–H and O–H groups in total. The van der Waals surface area contributed by atoms with Gasteiger partial charge in [0.15, 0.2) is 11.6 Å². The minimum atomic E-state index is -0.307. The van der Waals surface area contributed by atoms with Crippen LogP contribution >= 0.6 is 0 Å². The summed E-state index contributed by atoms with van der Waals surface area (Å²) in [7, 11) is 0. The Bertz CT molecular complexity index is 1140. The van der Waals surface area contributed by atoms with E-state index in [0.717, 1.165) is 5.39 Å². The van der Waals surface area contributed by atoms with Crippen LogP contribution < -0.4 is 0 Å². The van der Waals surface area contributed by atoms with Crippen molar-refractivity contribution in [2.75, 3.05) is 26.2 Å². The summed E-state index contributed by atoms with van der Waals surface area (Å²) in [5, 5.41) is 12.8. The third-order valence-electron chi connectivity index (χ3n) is 5.27. The van der Waals surface area contributed by atoms with Crippen molar-refractivity contribution in [2.45, 2.75) is 6.54 Å². The molecule has 2 aromatic carbocycles. The van der Waals surface area contributed by atoms with E-state index in [-0.39, 0.29) is 11.7 Å². The Hall–Kier alpha value is -3.59. The van der Waals surface area contributed by atoms with Crippen molar-refractivity contribution in [3.05, 3.63) is 72.0 Å². The van der Waals surface area contributed by atoms with Crippen LogP contribution in [-0.4, -0.2) is 62.1 Å². The molecule has 1 fully saturated rings. The van der Waals surface area contributed by atoms with Gasteiger partial charge in [-0.15, -0.1) is 5.10 Å². The zero-order chi connectivity index (χ0) is 20.5. The summed E-state index contributed by atoms with van der Waals surface area (Å²) >= 11 is 0. The van der Waals surface area contributed by atoms with Gasteiger partial charge in [-0.25, -0.2) is 4.39 Å². The summed E-state index contributed by atoms with van der Waals surface area (Å²) in [4.78, 5) is 16.8. The first-order chi connectivity index (χ1) is 14.7. The number of rotatable bonds is 4. The maximum Gasteiger partial charge on any atom is 0.289 e. The van der Waals surface area contributed by atoms with Crippen LogP contribution in [0.2, 0.25) is 0 Å². The van der Waals surface area contributed by atoms with Gasteiger partial charge in [-0.1, -0.05) is 18.2 Å². The fourth-order valence-electron chi connectivity index (χ4n) is 3.64. The summed E-state index contributed by atoms with van der Waals surface area (Å²) < 4.78 is 20.5. The molecule has 0 bridgehead atoms. The summed E-state index contributed by atoms with van der Waals surface area (Å²) in [5.74, 6) is 0.629. The van der Waals surface area contributed by atoms with Crippen molar-refractivity contribution in [3.8, 4) is 5.69 Å². The number of hydrogen-bond acceptors (Lipinski definition) is 6. The van der Waals surface area contributed by atoms with E-state index in [9.17, 15) is 9.18 Å². The van der Waals surface area contributed by atoms with Crippen molar-refractivity contribution in [1.82, 2.24) is 30.0 Å². The Morgan fingerprint density at radius 2 is 1.80 bits per heavy atom. The third kappa shape index (κ3) is 3.55. The normalized spacial score (nSPS) is 15.0. The average molecular weight is 406 g/mol. The number of nitrogens with zero attached hydrogens (tertiary/aromatic N) is 6. The van der Waals surface area contributed by atoms with E-state index in [4.69, 9.17) is 4.42 Å². The largest absolute Gasteiger partial charge is 0.451 e. The number of furan rings is 1. The highest BCUT2D eigenvalue weighted by molar-refractivity contribution is 5.96. The first kappa shape index (κ1) is 18.4. The highest BCUT2D eigenvalue weighted by Gasteiger charge is 2.25. The summed E-state index contributed by atoms with van der Waals surface area (Å²) in [5.41, 5.74) is 1.42. The lowest BCUT2D eigenvalue weighted by atomic mass is 10.2. The number of hydrogen-bond donors (Lipinski definition) is 0. The third-order valence-corrected chi connectivity index (χ3v) is 5.27. The number of piperazine rings is 1. The van der Waals surface area contributed by atoms with E-state index in [1.807, 2.05) is 24.3 Å². The maximum atomic E-state index is 13.2. The van der Waals surface area contributed by atoms with Crippen LogP contribution in [0.4, 0.5) is 4.39 Å². The van der Waals surface area contributed by atoms with E-state index < -0.39 is 0 Å². The molecule has 152 valence electrons. The second-order valence-electron chi connectivity index (χ2n) is 7.20. The molecule has 1 saturated heterocycles. The zero-order valence-electron chi connectivity index (χ0n) is 16.1. The smallest absolute Gasteiger partial charge is 0.289 e. The molecule has 8 nitrogen and oxygen atoms in total. The maximum absolute atomic E-state index is 13.2. The van der Waals surface area contributed by atoms with Crippen molar-refractivity contribution in [2.24, 2.45) is 0 Å². The molecule has 0 atom stereocenters. The Morgan fingerprint density at radius 3 is 2.57 bits per heavy atom. The molecule has 9 heteroatoms. The minimum absolute atomic E-state index is 0.0954. The molecule has 3 heterocycles. The van der Waals surface area contributed by atoms with E-state index in [0.29, 0.717) is 55.6 Å². The Balaban J connectivity index is 1.23. The predicted molar refractivity (Wildman–Crippen MR) is 107 cm³/mol. The number of amides is 1. The van der Waals surface area contributed by atoms with Crippen molar-refractivity contribution in [3.63, 3.8) is 0 Å². The fraction of sp³-hybridized carbons (Fsp3) is 0.238. The SMILES string of the molecule is O=C(c1cc2ccccc2o1)N1CCN(Cc2nnnn2-c2ccc(F)cc2)CC1. The summed E-state index contributed by atoms with van der Waals surface area (Å²) in [6.07, 6.45) is 0. The molecule has 5 rings (SSSR count). The lowest BCUT2D eigenvalue weighted by molar-refractivity contribution is 0.0596. The second-order valence-corrected chi connectivity index (χ2v) is 7.20. The average Bonchev–Trinajstić information content (AvgIpc) is 3.41. The van der Waals surface area contributed by atoms with Gasteiger partial charge in [0.1, 0.15) is 11.4 Å². The molecule has 0 spiro atoms. The molecule has 0 aliphatic carbocycles. The number of fused-ring (bicyclic) bond motifs is 1. The second kappa shape index (κ2) is 7.68. The topological polar surface area (TPSA) is 80.3 Å². The van der Waals surface area contributed by atoms with Gasteiger partial charge in [-0.05, 0) is 46.8 Å². The van der Waals surface area contributed by atoms with Crippen LogP contribution in [0.5, 0.6) is 0 Å². The summed E-state index contributed by atoms with van der Waals surface area (Å²) in [6.45, 7) is 3.11. The standard InChI is InChI=1S/C21H19FN6O2/c22-16-5-7-17(8-6-16)28-20(23-24-25-28)14-26-9-11-27(12-10-26)21(29)19-13-15-3-1-2-4-18(15)30-19/h1-8,13H,9-12,14H2. The lowest BCUT2D eigenvalue weighted by Crippen LogP contribution is -2.48. The molecular formula is C21H19FN6O2. The lowest BCUT2D eigenvalue weighted by Gasteiger charge is -2.33. The molecule has 1 aliphatic rings. The number of tetrazole rings is 1. The van der Waals surface area contributed by atoms with Crippen molar-refractivity contribution in [1.29, 1.82) is 0 Å². The van der Waals surface area contributed by atoms with Crippen LogP contribution in [-0.2, 0) is 6.54 Å². The van der Waals surface area contributed by atoms with Gasteiger partial charge in [0.2, 0.25) is 0 Å². The molecule has 4 aromatic rings. The van der Waals surface area contributed by atoms with Gasteiger partial charge in [-0.2, -0.15) is 4.68 Å². The van der Waals surface area contributed by atoms with E-state index in [1.54, 1.807) is 27.8 Å². The molecule has 0 radical (unpaired) electrons. The molecule has 0 saturated carbocycles. The number of carbonyl (C=O) groups is 1. The Kier molecular flexibility index (Phi) is 4.72. The summed E-state index contributed by atoms with van der Waals surface area (Å²) in [6, 6.07) is 15.4. The van der Waals surface area contributed by atoms with Crippen molar-refractivity contribution < 1.29 is 13.6 Å². The van der Waals surface area contributed by atoms with Crippen molar-refractivity contribution >= 4 is 16.9 Å². The molecule has 1 aliphatic heterocycles. The number of benzene rings is 2. The monoisotopic (exact) mass is 406 g/mol. The number of para-hydroxylation sites is 1. The predicted octanol–water partition coefficient (Wildman–Crippen LogP) is 2.51. The van der Waals surface area contributed by atoms with Gasteiger partial charge < -0.3 is 9.32 Å². The van der Waals surface area contributed by atoms with Gasteiger partial charge in [0.05, 0.1) is 12.2 Å². The Morgan fingerprint density at radius 1 is 1.03 bits per heavy atom. The van der Waals surface area contributed by atoms with Gasteiger partial charge in [0, 0.05) is 31.6 Å². The van der Waals surface area contributed by atoms with Crippen LogP contribution in [0, 0.1) is 5.82 Å². The van der Waals surface area contributed by atoms with E-state index >= 15 is 0 Å².